The first-order valence-electron chi connectivity index (χ1n) is 5.85. The van der Waals surface area contributed by atoms with Crippen molar-refractivity contribution in [1.29, 1.82) is 0 Å². The first-order chi connectivity index (χ1) is 9.36. The van der Waals surface area contributed by atoms with Gasteiger partial charge in [0.2, 0.25) is 6.10 Å². The van der Waals surface area contributed by atoms with Crippen LogP contribution in [-0.4, -0.2) is 54.3 Å². The van der Waals surface area contributed by atoms with Crippen molar-refractivity contribution in [2.45, 2.75) is 25.6 Å². The number of halogens is 3. The van der Waals surface area contributed by atoms with Gasteiger partial charge in [0.1, 0.15) is 0 Å². The molecule has 1 rings (SSSR count). The molecular weight excluding hydrogens is 300 g/mol. The second kappa shape index (κ2) is 9.07. The van der Waals surface area contributed by atoms with Gasteiger partial charge in [0.25, 0.3) is 0 Å². The van der Waals surface area contributed by atoms with Crippen molar-refractivity contribution in [2.75, 3.05) is 6.61 Å². The van der Waals surface area contributed by atoms with E-state index in [9.17, 15) is 22.8 Å². The minimum atomic E-state index is -5.17. The summed E-state index contributed by atoms with van der Waals surface area (Å²) in [5.41, 5.74) is 0.117. The van der Waals surface area contributed by atoms with E-state index >= 15 is 0 Å². The zero-order chi connectivity index (χ0) is 15.2. The van der Waals surface area contributed by atoms with Gasteiger partial charge >= 0.3 is 47.7 Å². The summed E-state index contributed by atoms with van der Waals surface area (Å²) in [6.45, 7) is 1.76. The van der Waals surface area contributed by atoms with Crippen molar-refractivity contribution >= 4 is 41.5 Å². The molecule has 0 amide bonds. The number of ether oxygens (including phenoxy) is 2. The molecule has 0 saturated heterocycles. The summed E-state index contributed by atoms with van der Waals surface area (Å²) >= 11 is 0. The van der Waals surface area contributed by atoms with Crippen molar-refractivity contribution in [2.24, 2.45) is 0 Å². The van der Waals surface area contributed by atoms with Gasteiger partial charge in [-0.2, -0.15) is 13.2 Å². The summed E-state index contributed by atoms with van der Waals surface area (Å²) in [6.07, 6.45) is -6.39. The fourth-order valence-electron chi connectivity index (χ4n) is 1.33. The van der Waals surface area contributed by atoms with E-state index < -0.39 is 24.2 Å². The molecule has 1 atom stereocenters. The van der Waals surface area contributed by atoms with Crippen LogP contribution in [0.3, 0.4) is 0 Å². The molecule has 1 unspecified atom stereocenters. The van der Waals surface area contributed by atoms with E-state index in [-0.39, 0.29) is 41.7 Å². The quantitative estimate of drug-likeness (QED) is 0.617. The van der Waals surface area contributed by atoms with Crippen LogP contribution in [0.4, 0.5) is 13.2 Å². The summed E-state index contributed by atoms with van der Waals surface area (Å²) in [7, 11) is 0. The molecule has 21 heavy (non-hydrogen) atoms. The Morgan fingerprint density at radius 2 is 1.76 bits per heavy atom. The molecule has 112 valence electrons. The van der Waals surface area contributed by atoms with Crippen LogP contribution in [-0.2, 0) is 19.1 Å². The molecule has 4 nitrogen and oxygen atoms in total. The molecule has 0 spiro atoms. The molecule has 0 aliphatic rings. The van der Waals surface area contributed by atoms with Crippen molar-refractivity contribution in [3.8, 4) is 0 Å². The summed E-state index contributed by atoms with van der Waals surface area (Å²) in [5, 5.41) is 0. The van der Waals surface area contributed by atoms with E-state index in [2.05, 4.69) is 4.74 Å². The Labute approximate surface area is 141 Å². The molecule has 8 heteroatoms. The summed E-state index contributed by atoms with van der Waals surface area (Å²) < 4.78 is 45.6. The molecule has 0 N–H and O–H groups in total. The SMILES string of the molecule is CCCOC(=O)C(OC(=O)C(F)(F)F)c1ccccc1.[NaH]. The van der Waals surface area contributed by atoms with Crippen LogP contribution >= 0.6 is 0 Å². The van der Waals surface area contributed by atoms with Gasteiger partial charge in [0.15, 0.2) is 0 Å². The monoisotopic (exact) mass is 314 g/mol. The third-order valence-corrected chi connectivity index (χ3v) is 2.22. The third kappa shape index (κ3) is 6.50. The minimum absolute atomic E-state index is 0. The maximum absolute atomic E-state index is 12.2. The van der Waals surface area contributed by atoms with Crippen molar-refractivity contribution in [3.05, 3.63) is 35.9 Å². The molecule has 0 fully saturated rings. The molecule has 0 radical (unpaired) electrons. The van der Waals surface area contributed by atoms with Crippen LogP contribution in [0.5, 0.6) is 0 Å². The Morgan fingerprint density at radius 1 is 1.19 bits per heavy atom. The summed E-state index contributed by atoms with van der Waals surface area (Å²) in [6, 6.07) is 7.39. The van der Waals surface area contributed by atoms with E-state index in [0.717, 1.165) is 0 Å². The molecular formula is C13H14F3NaO4. The van der Waals surface area contributed by atoms with Crippen LogP contribution in [0.1, 0.15) is 25.0 Å². The van der Waals surface area contributed by atoms with Gasteiger partial charge in [-0.25, -0.2) is 9.59 Å². The van der Waals surface area contributed by atoms with Gasteiger partial charge in [-0.15, -0.1) is 0 Å². The maximum atomic E-state index is 12.2. The number of benzene rings is 1. The topological polar surface area (TPSA) is 52.6 Å². The van der Waals surface area contributed by atoms with Crippen LogP contribution in [0.25, 0.3) is 0 Å². The van der Waals surface area contributed by atoms with E-state index in [4.69, 9.17) is 4.74 Å². The normalized spacial score (nSPS) is 12.0. The molecule has 1 aromatic rings. The van der Waals surface area contributed by atoms with Crippen LogP contribution in [0, 0.1) is 0 Å². The Morgan fingerprint density at radius 3 is 2.24 bits per heavy atom. The van der Waals surface area contributed by atoms with Crippen LogP contribution in [0.2, 0.25) is 0 Å². The second-order valence-corrected chi connectivity index (χ2v) is 3.86. The Bertz CT molecular complexity index is 462. The number of hydrogen-bond donors (Lipinski definition) is 0. The summed E-state index contributed by atoms with van der Waals surface area (Å²) in [5.74, 6) is -3.46. The van der Waals surface area contributed by atoms with E-state index in [1.54, 1.807) is 13.0 Å². The second-order valence-electron chi connectivity index (χ2n) is 3.86. The molecule has 1 aromatic carbocycles. The number of esters is 2. The Hall–Kier alpha value is -1.05. The Balaban J connectivity index is 0.00000400. The fraction of sp³-hybridized carbons (Fsp3) is 0.385. The van der Waals surface area contributed by atoms with Crippen molar-refractivity contribution in [1.82, 2.24) is 0 Å². The number of alkyl halides is 3. The molecule has 0 heterocycles. The number of rotatable bonds is 5. The van der Waals surface area contributed by atoms with Crippen LogP contribution in [0.15, 0.2) is 30.3 Å². The van der Waals surface area contributed by atoms with Gasteiger partial charge < -0.3 is 9.47 Å². The average Bonchev–Trinajstić information content (AvgIpc) is 2.41. The third-order valence-electron chi connectivity index (χ3n) is 2.22. The number of hydrogen-bond acceptors (Lipinski definition) is 4. The zero-order valence-electron chi connectivity index (χ0n) is 10.6. The number of carbonyl (C=O) groups is 2. The van der Waals surface area contributed by atoms with E-state index in [0.29, 0.717) is 6.42 Å². The summed E-state index contributed by atoms with van der Waals surface area (Å²) in [4.78, 5) is 22.6. The van der Waals surface area contributed by atoms with Gasteiger partial charge in [-0.3, -0.25) is 0 Å². The van der Waals surface area contributed by atoms with Crippen LogP contribution < -0.4 is 0 Å². The van der Waals surface area contributed by atoms with Crippen molar-refractivity contribution < 1.29 is 32.2 Å². The first-order valence-corrected chi connectivity index (χ1v) is 5.85. The number of carbonyl (C=O) groups excluding carboxylic acids is 2. The molecule has 0 aliphatic carbocycles. The zero-order valence-corrected chi connectivity index (χ0v) is 10.6. The molecule has 0 aromatic heterocycles. The molecule has 0 saturated carbocycles. The first kappa shape index (κ1) is 19.9. The average molecular weight is 314 g/mol. The van der Waals surface area contributed by atoms with Gasteiger partial charge in [-0.05, 0) is 6.42 Å². The van der Waals surface area contributed by atoms with Gasteiger partial charge in [0.05, 0.1) is 6.61 Å². The van der Waals surface area contributed by atoms with E-state index in [1.165, 1.54) is 24.3 Å². The standard InChI is InChI=1S/C13H13F3O4.Na.H/c1-2-8-19-11(17)10(9-6-4-3-5-7-9)20-12(18)13(14,15)16;;/h3-7,10H,2,8H2,1H3;;. The van der Waals surface area contributed by atoms with Crippen molar-refractivity contribution in [3.63, 3.8) is 0 Å². The predicted octanol–water partition coefficient (Wildman–Crippen LogP) is 2.14. The molecule has 0 bridgehead atoms. The Kier molecular flexibility index (Phi) is 8.61. The van der Waals surface area contributed by atoms with Gasteiger partial charge in [-0.1, -0.05) is 37.3 Å². The fourth-order valence-corrected chi connectivity index (χ4v) is 1.33. The molecule has 0 aliphatic heterocycles. The van der Waals surface area contributed by atoms with Gasteiger partial charge in [0, 0.05) is 5.56 Å². The van der Waals surface area contributed by atoms with E-state index in [1.807, 2.05) is 0 Å². The predicted molar refractivity (Wildman–Crippen MR) is 69.7 cm³/mol.